The first-order chi connectivity index (χ1) is 7.43. The van der Waals surface area contributed by atoms with Crippen molar-refractivity contribution < 1.29 is 4.79 Å². The van der Waals surface area contributed by atoms with Gasteiger partial charge in [0.15, 0.2) is 0 Å². The summed E-state index contributed by atoms with van der Waals surface area (Å²) in [6, 6.07) is 8.51. The van der Waals surface area contributed by atoms with Gasteiger partial charge in [-0.2, -0.15) is 0 Å². The van der Waals surface area contributed by atoms with Crippen LogP contribution in [0.2, 0.25) is 0 Å². The SMILES string of the molecule is CNC(=O)CC(C)(C)Cc1ccc(C)cc1. The van der Waals surface area contributed by atoms with E-state index < -0.39 is 0 Å². The molecule has 0 bridgehead atoms. The highest BCUT2D eigenvalue weighted by Crippen LogP contribution is 2.25. The molecule has 2 nitrogen and oxygen atoms in total. The van der Waals surface area contributed by atoms with Gasteiger partial charge >= 0.3 is 0 Å². The summed E-state index contributed by atoms with van der Waals surface area (Å²) >= 11 is 0. The number of amides is 1. The monoisotopic (exact) mass is 219 g/mol. The third kappa shape index (κ3) is 4.05. The van der Waals surface area contributed by atoms with Crippen LogP contribution in [0.1, 0.15) is 31.4 Å². The minimum Gasteiger partial charge on any atom is -0.359 e. The fraction of sp³-hybridized carbons (Fsp3) is 0.500. The van der Waals surface area contributed by atoms with Crippen molar-refractivity contribution in [3.05, 3.63) is 35.4 Å². The fourth-order valence-corrected chi connectivity index (χ4v) is 1.84. The van der Waals surface area contributed by atoms with Crippen LogP contribution in [0.4, 0.5) is 0 Å². The summed E-state index contributed by atoms with van der Waals surface area (Å²) in [6.45, 7) is 6.34. The molecule has 0 saturated heterocycles. The van der Waals surface area contributed by atoms with E-state index in [4.69, 9.17) is 0 Å². The smallest absolute Gasteiger partial charge is 0.220 e. The summed E-state index contributed by atoms with van der Waals surface area (Å²) in [5.74, 6) is 0.108. The van der Waals surface area contributed by atoms with Gasteiger partial charge in [0.05, 0.1) is 0 Å². The van der Waals surface area contributed by atoms with E-state index in [0.29, 0.717) is 6.42 Å². The lowest BCUT2D eigenvalue weighted by Crippen LogP contribution is -2.27. The highest BCUT2D eigenvalue weighted by Gasteiger charge is 2.21. The van der Waals surface area contributed by atoms with Crippen molar-refractivity contribution >= 4 is 5.91 Å². The van der Waals surface area contributed by atoms with Crippen molar-refractivity contribution in [2.45, 2.75) is 33.6 Å². The topological polar surface area (TPSA) is 29.1 Å². The van der Waals surface area contributed by atoms with Gasteiger partial charge in [-0.3, -0.25) is 4.79 Å². The second-order valence-corrected chi connectivity index (χ2v) is 5.18. The molecule has 0 unspecified atom stereocenters. The Morgan fingerprint density at radius 3 is 2.31 bits per heavy atom. The molecule has 88 valence electrons. The maximum atomic E-state index is 11.4. The number of hydrogen-bond donors (Lipinski definition) is 1. The minimum atomic E-state index is 0.00928. The van der Waals surface area contributed by atoms with E-state index in [2.05, 4.69) is 50.4 Å². The van der Waals surface area contributed by atoms with Crippen LogP contribution in [0.3, 0.4) is 0 Å². The zero-order valence-electron chi connectivity index (χ0n) is 10.6. The molecule has 0 spiro atoms. The van der Waals surface area contributed by atoms with Gasteiger partial charge in [0.1, 0.15) is 0 Å². The lowest BCUT2D eigenvalue weighted by molar-refractivity contribution is -0.122. The van der Waals surface area contributed by atoms with Crippen LogP contribution in [-0.4, -0.2) is 13.0 Å². The van der Waals surface area contributed by atoms with E-state index >= 15 is 0 Å². The largest absolute Gasteiger partial charge is 0.359 e. The molecule has 0 aliphatic rings. The second kappa shape index (κ2) is 5.15. The number of nitrogens with one attached hydrogen (secondary N) is 1. The van der Waals surface area contributed by atoms with Crippen molar-refractivity contribution in [2.75, 3.05) is 7.05 Å². The van der Waals surface area contributed by atoms with Gasteiger partial charge in [-0.15, -0.1) is 0 Å². The summed E-state index contributed by atoms with van der Waals surface area (Å²) < 4.78 is 0. The normalized spacial score (nSPS) is 11.2. The van der Waals surface area contributed by atoms with E-state index in [1.165, 1.54) is 11.1 Å². The van der Waals surface area contributed by atoms with E-state index in [0.717, 1.165) is 6.42 Å². The lowest BCUT2D eigenvalue weighted by Gasteiger charge is -2.23. The zero-order valence-corrected chi connectivity index (χ0v) is 10.6. The van der Waals surface area contributed by atoms with Crippen molar-refractivity contribution in [2.24, 2.45) is 5.41 Å². The average Bonchev–Trinajstić information content (AvgIpc) is 2.20. The molecular formula is C14H21NO. The van der Waals surface area contributed by atoms with E-state index in [1.54, 1.807) is 7.05 Å². The van der Waals surface area contributed by atoms with E-state index in [1.807, 2.05) is 0 Å². The molecule has 0 aromatic heterocycles. The highest BCUT2D eigenvalue weighted by atomic mass is 16.1. The molecule has 1 aromatic rings. The van der Waals surface area contributed by atoms with Crippen LogP contribution in [0, 0.1) is 12.3 Å². The van der Waals surface area contributed by atoms with Crippen LogP contribution < -0.4 is 5.32 Å². The minimum absolute atomic E-state index is 0.00928. The van der Waals surface area contributed by atoms with Gasteiger partial charge in [-0.05, 0) is 24.3 Å². The summed E-state index contributed by atoms with van der Waals surface area (Å²) in [6.07, 6.45) is 1.50. The van der Waals surface area contributed by atoms with Crippen LogP contribution in [-0.2, 0) is 11.2 Å². The molecule has 0 heterocycles. The molecular weight excluding hydrogens is 198 g/mol. The van der Waals surface area contributed by atoms with Gasteiger partial charge in [-0.1, -0.05) is 43.7 Å². The molecule has 2 heteroatoms. The predicted molar refractivity (Wildman–Crippen MR) is 67.3 cm³/mol. The van der Waals surface area contributed by atoms with Crippen molar-refractivity contribution in [1.82, 2.24) is 5.32 Å². The molecule has 1 rings (SSSR count). The van der Waals surface area contributed by atoms with Gasteiger partial charge in [0.2, 0.25) is 5.91 Å². The standard InChI is InChI=1S/C14H21NO/c1-11-5-7-12(8-6-11)9-14(2,3)10-13(16)15-4/h5-8H,9-10H2,1-4H3,(H,15,16). The van der Waals surface area contributed by atoms with Crippen molar-refractivity contribution in [3.63, 3.8) is 0 Å². The zero-order chi connectivity index (χ0) is 12.2. The predicted octanol–water partition coefficient (Wildman–Crippen LogP) is 2.70. The molecule has 1 aromatic carbocycles. The third-order valence-electron chi connectivity index (χ3n) is 2.72. The first-order valence-electron chi connectivity index (χ1n) is 5.69. The number of hydrogen-bond acceptors (Lipinski definition) is 1. The maximum Gasteiger partial charge on any atom is 0.220 e. The van der Waals surface area contributed by atoms with Gasteiger partial charge < -0.3 is 5.32 Å². The van der Waals surface area contributed by atoms with E-state index in [9.17, 15) is 4.79 Å². The Morgan fingerprint density at radius 2 is 1.81 bits per heavy atom. The Bertz CT molecular complexity index is 352. The summed E-state index contributed by atoms with van der Waals surface area (Å²) in [7, 11) is 1.68. The van der Waals surface area contributed by atoms with E-state index in [-0.39, 0.29) is 11.3 Å². The van der Waals surface area contributed by atoms with Crippen molar-refractivity contribution in [3.8, 4) is 0 Å². The molecule has 0 fully saturated rings. The highest BCUT2D eigenvalue weighted by molar-refractivity contribution is 5.76. The molecule has 0 aliphatic carbocycles. The quantitative estimate of drug-likeness (QED) is 0.829. The molecule has 16 heavy (non-hydrogen) atoms. The summed E-state index contributed by atoms with van der Waals surface area (Å²) in [4.78, 5) is 11.4. The van der Waals surface area contributed by atoms with Crippen LogP contribution in [0.15, 0.2) is 24.3 Å². The van der Waals surface area contributed by atoms with Gasteiger partial charge in [0.25, 0.3) is 0 Å². The Hall–Kier alpha value is -1.31. The third-order valence-corrected chi connectivity index (χ3v) is 2.72. The van der Waals surface area contributed by atoms with Crippen LogP contribution >= 0.6 is 0 Å². The van der Waals surface area contributed by atoms with Gasteiger partial charge in [0, 0.05) is 13.5 Å². The second-order valence-electron chi connectivity index (χ2n) is 5.18. The maximum absolute atomic E-state index is 11.4. The molecule has 0 saturated carbocycles. The van der Waals surface area contributed by atoms with Crippen molar-refractivity contribution in [1.29, 1.82) is 0 Å². The Morgan fingerprint density at radius 1 is 1.25 bits per heavy atom. The molecule has 0 aliphatic heterocycles. The lowest BCUT2D eigenvalue weighted by atomic mass is 9.82. The first kappa shape index (κ1) is 12.8. The number of carbonyl (C=O) groups is 1. The van der Waals surface area contributed by atoms with Gasteiger partial charge in [-0.25, -0.2) is 0 Å². The summed E-state index contributed by atoms with van der Waals surface area (Å²) in [5.41, 5.74) is 2.57. The Labute approximate surface area is 98.1 Å². The molecule has 1 amide bonds. The number of rotatable bonds is 4. The number of carbonyl (C=O) groups excluding carboxylic acids is 1. The Kier molecular flexibility index (Phi) is 4.11. The van der Waals surface area contributed by atoms with Crippen LogP contribution in [0.25, 0.3) is 0 Å². The average molecular weight is 219 g/mol. The first-order valence-corrected chi connectivity index (χ1v) is 5.69. The number of benzene rings is 1. The van der Waals surface area contributed by atoms with Crippen LogP contribution in [0.5, 0.6) is 0 Å². The molecule has 1 N–H and O–H groups in total. The summed E-state index contributed by atoms with van der Waals surface area (Å²) in [5, 5.41) is 2.68. The molecule has 0 radical (unpaired) electrons. The Balaban J connectivity index is 2.64. The number of aryl methyl sites for hydroxylation is 1. The molecule has 0 atom stereocenters. The fourth-order valence-electron chi connectivity index (χ4n) is 1.84.